The number of nitrogens with zero attached hydrogens (tertiary/aromatic N) is 2. The van der Waals surface area contributed by atoms with Crippen molar-refractivity contribution in [1.29, 1.82) is 0 Å². The van der Waals surface area contributed by atoms with E-state index in [2.05, 4.69) is 69.5 Å². The van der Waals surface area contributed by atoms with Gasteiger partial charge in [-0.15, -0.1) is 0 Å². The molecular weight excluding hydrogens is 372 g/mol. The molecule has 0 saturated carbocycles. The van der Waals surface area contributed by atoms with Crippen molar-refractivity contribution < 1.29 is 4.74 Å². The predicted molar refractivity (Wildman–Crippen MR) is 123 cm³/mol. The zero-order valence-corrected chi connectivity index (χ0v) is 17.3. The van der Waals surface area contributed by atoms with E-state index in [-0.39, 0.29) is 0 Å². The lowest BCUT2D eigenvalue weighted by Crippen LogP contribution is -2.21. The van der Waals surface area contributed by atoms with Gasteiger partial charge in [-0.3, -0.25) is 0 Å². The third kappa shape index (κ3) is 4.70. The van der Waals surface area contributed by atoms with Gasteiger partial charge in [0.15, 0.2) is 0 Å². The van der Waals surface area contributed by atoms with Gasteiger partial charge < -0.3 is 20.4 Å². The summed E-state index contributed by atoms with van der Waals surface area (Å²) < 4.78 is 7.56. The van der Waals surface area contributed by atoms with Crippen molar-refractivity contribution in [2.24, 2.45) is 5.73 Å². The Bertz CT molecular complexity index is 1100. The molecule has 154 valence electrons. The number of imidazole rings is 1. The SMILES string of the molecule is COc1cccc(CCn2cnc3ccc(-c4ccc(CNCCN)cc4)cc32)c1. The van der Waals surface area contributed by atoms with Crippen LogP contribution in [0.25, 0.3) is 22.2 Å². The topological polar surface area (TPSA) is 65.1 Å². The molecule has 4 aromatic rings. The van der Waals surface area contributed by atoms with Crippen LogP contribution in [-0.4, -0.2) is 29.8 Å². The Morgan fingerprint density at radius 1 is 0.967 bits per heavy atom. The molecule has 0 radical (unpaired) electrons. The number of hydrogen-bond donors (Lipinski definition) is 2. The van der Waals surface area contributed by atoms with E-state index >= 15 is 0 Å². The molecule has 0 atom stereocenters. The standard InChI is InChI=1S/C25H28N4O/c1-30-23-4-2-3-19(15-23)11-14-29-18-28-24-10-9-22(16-25(24)29)21-7-5-20(6-8-21)17-27-13-12-26/h2-10,15-16,18,27H,11-14,17,26H2,1H3. The van der Waals surface area contributed by atoms with Crippen molar-refractivity contribution in [3.05, 3.63) is 84.2 Å². The highest BCUT2D eigenvalue weighted by molar-refractivity contribution is 5.82. The van der Waals surface area contributed by atoms with Crippen molar-refractivity contribution >= 4 is 11.0 Å². The van der Waals surface area contributed by atoms with Crippen LogP contribution < -0.4 is 15.8 Å². The highest BCUT2D eigenvalue weighted by Gasteiger charge is 2.06. The fraction of sp³-hybridized carbons (Fsp3) is 0.240. The van der Waals surface area contributed by atoms with Crippen LogP contribution in [0.5, 0.6) is 5.75 Å². The van der Waals surface area contributed by atoms with Crippen molar-refractivity contribution in [2.75, 3.05) is 20.2 Å². The zero-order valence-electron chi connectivity index (χ0n) is 17.3. The van der Waals surface area contributed by atoms with E-state index in [1.165, 1.54) is 22.3 Å². The maximum absolute atomic E-state index is 5.53. The molecule has 1 heterocycles. The Hall–Kier alpha value is -3.15. The normalized spacial score (nSPS) is 11.1. The molecule has 0 amide bonds. The van der Waals surface area contributed by atoms with E-state index in [1.807, 2.05) is 18.5 Å². The minimum absolute atomic E-state index is 0.656. The average Bonchev–Trinajstić information content (AvgIpc) is 3.21. The van der Waals surface area contributed by atoms with Gasteiger partial charge in [0, 0.05) is 26.2 Å². The third-order valence-electron chi connectivity index (χ3n) is 5.33. The van der Waals surface area contributed by atoms with E-state index in [4.69, 9.17) is 10.5 Å². The number of nitrogens with one attached hydrogen (secondary N) is 1. The van der Waals surface area contributed by atoms with Crippen LogP contribution in [0.1, 0.15) is 11.1 Å². The van der Waals surface area contributed by atoms with Crippen LogP contribution in [-0.2, 0) is 19.5 Å². The summed E-state index contributed by atoms with van der Waals surface area (Å²) in [7, 11) is 1.70. The molecule has 5 heteroatoms. The second kappa shape index (κ2) is 9.57. The number of aromatic nitrogens is 2. The highest BCUT2D eigenvalue weighted by atomic mass is 16.5. The lowest BCUT2D eigenvalue weighted by Gasteiger charge is -2.08. The molecule has 0 fully saturated rings. The number of benzene rings is 3. The minimum atomic E-state index is 0.656. The van der Waals surface area contributed by atoms with Gasteiger partial charge in [-0.2, -0.15) is 0 Å². The van der Waals surface area contributed by atoms with Crippen LogP contribution in [0.15, 0.2) is 73.1 Å². The van der Waals surface area contributed by atoms with Crippen LogP contribution >= 0.6 is 0 Å². The van der Waals surface area contributed by atoms with Crippen LogP contribution in [0.3, 0.4) is 0 Å². The number of hydrogen-bond acceptors (Lipinski definition) is 4. The molecule has 3 N–H and O–H groups in total. The highest BCUT2D eigenvalue weighted by Crippen LogP contribution is 2.25. The molecule has 5 nitrogen and oxygen atoms in total. The summed E-state index contributed by atoms with van der Waals surface area (Å²) >= 11 is 0. The Morgan fingerprint density at radius 3 is 2.60 bits per heavy atom. The van der Waals surface area contributed by atoms with E-state index in [0.29, 0.717) is 6.54 Å². The van der Waals surface area contributed by atoms with Crippen LogP contribution in [0, 0.1) is 0 Å². The fourth-order valence-electron chi connectivity index (χ4n) is 3.64. The lowest BCUT2D eigenvalue weighted by atomic mass is 10.0. The molecule has 0 unspecified atom stereocenters. The number of aryl methyl sites for hydroxylation is 2. The number of fused-ring (bicyclic) bond motifs is 1. The average molecular weight is 401 g/mol. The van der Waals surface area contributed by atoms with E-state index < -0.39 is 0 Å². The third-order valence-corrected chi connectivity index (χ3v) is 5.33. The van der Waals surface area contributed by atoms with Crippen molar-refractivity contribution in [3.63, 3.8) is 0 Å². The summed E-state index contributed by atoms with van der Waals surface area (Å²) in [4.78, 5) is 4.58. The summed E-state index contributed by atoms with van der Waals surface area (Å²) in [6.07, 6.45) is 2.86. The molecule has 0 bridgehead atoms. The van der Waals surface area contributed by atoms with Gasteiger partial charge in [0.1, 0.15) is 5.75 Å². The van der Waals surface area contributed by atoms with Gasteiger partial charge in [-0.1, -0.05) is 42.5 Å². The molecule has 1 aromatic heterocycles. The van der Waals surface area contributed by atoms with Gasteiger partial charge in [0.2, 0.25) is 0 Å². The first kappa shape index (κ1) is 20.1. The van der Waals surface area contributed by atoms with E-state index in [9.17, 15) is 0 Å². The van der Waals surface area contributed by atoms with Crippen LogP contribution in [0.2, 0.25) is 0 Å². The summed E-state index contributed by atoms with van der Waals surface area (Å²) in [5.41, 5.74) is 12.6. The van der Waals surface area contributed by atoms with Crippen molar-refractivity contribution in [2.45, 2.75) is 19.5 Å². The number of ether oxygens (including phenoxy) is 1. The predicted octanol–water partition coefficient (Wildman–Crippen LogP) is 4.00. The first-order chi connectivity index (χ1) is 14.8. The van der Waals surface area contributed by atoms with Crippen molar-refractivity contribution in [3.8, 4) is 16.9 Å². The molecule has 0 aliphatic heterocycles. The van der Waals surface area contributed by atoms with Crippen LogP contribution in [0.4, 0.5) is 0 Å². The lowest BCUT2D eigenvalue weighted by molar-refractivity contribution is 0.414. The quantitative estimate of drug-likeness (QED) is 0.417. The number of nitrogens with two attached hydrogens (primary N) is 1. The van der Waals surface area contributed by atoms with E-state index in [1.54, 1.807) is 7.11 Å². The molecule has 3 aromatic carbocycles. The first-order valence-corrected chi connectivity index (χ1v) is 10.3. The van der Waals surface area contributed by atoms with Gasteiger partial charge in [0.25, 0.3) is 0 Å². The number of methoxy groups -OCH3 is 1. The maximum atomic E-state index is 5.53. The maximum Gasteiger partial charge on any atom is 0.119 e. The second-order valence-corrected chi connectivity index (χ2v) is 7.41. The molecule has 0 saturated heterocycles. The van der Waals surface area contributed by atoms with Crippen molar-refractivity contribution in [1.82, 2.24) is 14.9 Å². The zero-order chi connectivity index (χ0) is 20.8. The minimum Gasteiger partial charge on any atom is -0.497 e. The molecule has 4 rings (SSSR count). The first-order valence-electron chi connectivity index (χ1n) is 10.3. The second-order valence-electron chi connectivity index (χ2n) is 7.41. The molecule has 0 spiro atoms. The largest absolute Gasteiger partial charge is 0.497 e. The molecule has 30 heavy (non-hydrogen) atoms. The monoisotopic (exact) mass is 400 g/mol. The van der Waals surface area contributed by atoms with Gasteiger partial charge >= 0.3 is 0 Å². The Kier molecular flexibility index (Phi) is 6.42. The summed E-state index contributed by atoms with van der Waals surface area (Å²) in [6.45, 7) is 3.20. The van der Waals surface area contributed by atoms with E-state index in [0.717, 1.165) is 42.8 Å². The van der Waals surface area contributed by atoms with Gasteiger partial charge in [0.05, 0.1) is 24.5 Å². The number of rotatable bonds is 9. The van der Waals surface area contributed by atoms with Gasteiger partial charge in [-0.05, 0) is 52.9 Å². The Labute approximate surface area is 177 Å². The summed E-state index contributed by atoms with van der Waals surface area (Å²) in [5.74, 6) is 0.895. The summed E-state index contributed by atoms with van der Waals surface area (Å²) in [6, 6.07) is 23.4. The van der Waals surface area contributed by atoms with Gasteiger partial charge in [-0.25, -0.2) is 4.98 Å². The molecule has 0 aliphatic rings. The molecular formula is C25H28N4O. The Balaban J connectivity index is 1.51. The summed E-state index contributed by atoms with van der Waals surface area (Å²) in [5, 5.41) is 3.33. The molecule has 0 aliphatic carbocycles. The smallest absolute Gasteiger partial charge is 0.119 e. The fourth-order valence-corrected chi connectivity index (χ4v) is 3.64. The Morgan fingerprint density at radius 2 is 1.80 bits per heavy atom.